The minimum absolute atomic E-state index is 0.100. The van der Waals surface area contributed by atoms with E-state index in [-0.39, 0.29) is 24.7 Å². The van der Waals surface area contributed by atoms with Crippen molar-refractivity contribution in [3.63, 3.8) is 0 Å². The first-order chi connectivity index (χ1) is 14.1. The Morgan fingerprint density at radius 1 is 0.900 bits per heavy atom. The number of aliphatic hydroxyl groups excluding tert-OH is 2. The highest BCUT2D eigenvalue weighted by molar-refractivity contribution is 7.80. The second-order valence-electron chi connectivity index (χ2n) is 6.12. The third kappa shape index (κ3) is 10.2. The molecule has 0 rings (SSSR count). The zero-order valence-electron chi connectivity index (χ0n) is 16.2. The number of amides is 3. The van der Waals surface area contributed by atoms with Crippen LogP contribution in [0.25, 0.3) is 0 Å². The maximum atomic E-state index is 12.2. The number of nitrogens with zero attached hydrogens (tertiary/aromatic N) is 1. The van der Waals surface area contributed by atoms with Gasteiger partial charge < -0.3 is 48.5 Å². The number of hydrogen-bond acceptors (Lipinski definition) is 9. The minimum atomic E-state index is -1.52. The summed E-state index contributed by atoms with van der Waals surface area (Å²) in [6, 6.07) is -5.32. The Hall–Kier alpha value is -2.62. The zero-order valence-corrected chi connectivity index (χ0v) is 17.0. The maximum Gasteiger partial charge on any atom is 0.327 e. The Balaban J connectivity index is 4.79. The third-order valence-electron chi connectivity index (χ3n) is 3.73. The van der Waals surface area contributed by atoms with Crippen LogP contribution in [0.3, 0.4) is 0 Å². The molecular formula is C15H29N7O7S. The molecule has 4 atom stereocenters. The number of nitrogens with one attached hydrogen (secondary N) is 3. The fourth-order valence-corrected chi connectivity index (χ4v) is 2.29. The Bertz CT molecular complexity index is 630. The molecule has 172 valence electrons. The van der Waals surface area contributed by atoms with Gasteiger partial charge in [-0.05, 0) is 12.8 Å². The van der Waals surface area contributed by atoms with Crippen molar-refractivity contribution in [3.05, 3.63) is 0 Å². The number of aliphatic hydroxyl groups is 2. The largest absolute Gasteiger partial charge is 0.480 e. The first kappa shape index (κ1) is 27.4. The van der Waals surface area contributed by atoms with E-state index in [1.807, 2.05) is 0 Å². The maximum absolute atomic E-state index is 12.2. The molecular weight excluding hydrogens is 422 g/mol. The average molecular weight is 452 g/mol. The molecule has 0 aliphatic carbocycles. The van der Waals surface area contributed by atoms with Gasteiger partial charge in [0.05, 0.1) is 19.3 Å². The van der Waals surface area contributed by atoms with Gasteiger partial charge in [0.15, 0.2) is 5.96 Å². The lowest BCUT2D eigenvalue weighted by Gasteiger charge is -2.23. The Morgan fingerprint density at radius 2 is 1.37 bits per heavy atom. The number of carbonyl (C=O) groups is 4. The molecule has 0 aromatic heterocycles. The van der Waals surface area contributed by atoms with Crippen LogP contribution in [0, 0.1) is 0 Å². The van der Waals surface area contributed by atoms with Gasteiger partial charge in [0.1, 0.15) is 18.1 Å². The molecule has 14 nitrogen and oxygen atoms in total. The SMILES string of the molecule is NC(N)=NCCCC(N)C(=O)NC(CO)C(=O)NC(CO)C(=O)NC(CS)C(=O)O. The van der Waals surface area contributed by atoms with E-state index >= 15 is 0 Å². The summed E-state index contributed by atoms with van der Waals surface area (Å²) in [6.07, 6.45) is 0.593. The van der Waals surface area contributed by atoms with Crippen LogP contribution in [-0.4, -0.2) is 94.6 Å². The third-order valence-corrected chi connectivity index (χ3v) is 4.10. The molecule has 0 heterocycles. The van der Waals surface area contributed by atoms with Crippen LogP contribution in [-0.2, 0) is 19.2 Å². The van der Waals surface area contributed by atoms with Gasteiger partial charge in [0.2, 0.25) is 17.7 Å². The number of aliphatic carboxylic acids is 1. The molecule has 0 aliphatic heterocycles. The highest BCUT2D eigenvalue weighted by Crippen LogP contribution is 1.98. The van der Waals surface area contributed by atoms with Crippen molar-refractivity contribution in [3.8, 4) is 0 Å². The van der Waals surface area contributed by atoms with E-state index in [2.05, 4.69) is 33.6 Å². The lowest BCUT2D eigenvalue weighted by Crippen LogP contribution is -2.59. The van der Waals surface area contributed by atoms with E-state index in [4.69, 9.17) is 22.3 Å². The highest BCUT2D eigenvalue weighted by Gasteiger charge is 2.29. The summed E-state index contributed by atoms with van der Waals surface area (Å²) in [5.74, 6) is -4.37. The summed E-state index contributed by atoms with van der Waals surface area (Å²) in [4.78, 5) is 51.0. The Kier molecular flexibility index (Phi) is 13.1. The van der Waals surface area contributed by atoms with Crippen molar-refractivity contribution in [2.24, 2.45) is 22.2 Å². The molecule has 0 aliphatic rings. The highest BCUT2D eigenvalue weighted by atomic mass is 32.1. The van der Waals surface area contributed by atoms with Crippen LogP contribution < -0.4 is 33.2 Å². The quantitative estimate of drug-likeness (QED) is 0.0519. The van der Waals surface area contributed by atoms with E-state index in [1.165, 1.54) is 0 Å². The number of carboxylic acids is 1. The number of carbonyl (C=O) groups excluding carboxylic acids is 3. The second kappa shape index (κ2) is 14.4. The molecule has 0 bridgehead atoms. The summed E-state index contributed by atoms with van der Waals surface area (Å²) < 4.78 is 0. The molecule has 12 N–H and O–H groups in total. The molecule has 0 fully saturated rings. The van der Waals surface area contributed by atoms with Gasteiger partial charge >= 0.3 is 5.97 Å². The fourth-order valence-electron chi connectivity index (χ4n) is 2.05. The van der Waals surface area contributed by atoms with E-state index in [0.717, 1.165) is 0 Å². The minimum Gasteiger partial charge on any atom is -0.480 e. The van der Waals surface area contributed by atoms with Gasteiger partial charge in [0.25, 0.3) is 0 Å². The molecule has 0 aromatic rings. The summed E-state index contributed by atoms with van der Waals surface area (Å²) in [5.41, 5.74) is 16.1. The summed E-state index contributed by atoms with van der Waals surface area (Å²) >= 11 is 3.78. The molecule has 0 saturated carbocycles. The van der Waals surface area contributed by atoms with Crippen LogP contribution in [0.15, 0.2) is 4.99 Å². The van der Waals surface area contributed by atoms with Gasteiger partial charge in [0, 0.05) is 12.3 Å². The number of guanidine groups is 1. The smallest absolute Gasteiger partial charge is 0.327 e. The van der Waals surface area contributed by atoms with Crippen molar-refractivity contribution in [2.45, 2.75) is 37.0 Å². The van der Waals surface area contributed by atoms with Crippen molar-refractivity contribution in [1.82, 2.24) is 16.0 Å². The summed E-state index contributed by atoms with van der Waals surface area (Å²) in [6.45, 7) is -1.41. The molecule has 0 saturated heterocycles. The number of aliphatic imine (C=N–C) groups is 1. The van der Waals surface area contributed by atoms with Gasteiger partial charge in [-0.15, -0.1) is 0 Å². The predicted molar refractivity (Wildman–Crippen MR) is 109 cm³/mol. The Labute approximate surface area is 178 Å². The van der Waals surface area contributed by atoms with Gasteiger partial charge in [-0.25, -0.2) is 4.79 Å². The van der Waals surface area contributed by atoms with Gasteiger partial charge in [-0.3, -0.25) is 19.4 Å². The van der Waals surface area contributed by atoms with Crippen LogP contribution in [0.4, 0.5) is 0 Å². The predicted octanol–water partition coefficient (Wildman–Crippen LogP) is -5.18. The zero-order chi connectivity index (χ0) is 23.3. The standard InChI is InChI=1S/C15H29N7O7S/c16-7(2-1-3-19-15(17)18)11(25)20-8(4-23)12(26)21-9(5-24)13(27)22-10(6-30)14(28)29/h7-10,23-24,30H,1-6,16H2,(H,20,25)(H,21,26)(H,22,27)(H,28,29)(H4,17,18,19). The average Bonchev–Trinajstić information content (AvgIpc) is 2.70. The van der Waals surface area contributed by atoms with E-state index < -0.39 is 61.1 Å². The van der Waals surface area contributed by atoms with Crippen molar-refractivity contribution < 1.29 is 34.5 Å². The number of nitrogens with two attached hydrogens (primary N) is 3. The van der Waals surface area contributed by atoms with Crippen molar-refractivity contribution >= 4 is 42.3 Å². The molecule has 3 amide bonds. The van der Waals surface area contributed by atoms with Gasteiger partial charge in [-0.1, -0.05) is 0 Å². The van der Waals surface area contributed by atoms with Crippen LogP contribution >= 0.6 is 12.6 Å². The van der Waals surface area contributed by atoms with Crippen LogP contribution in [0.1, 0.15) is 12.8 Å². The first-order valence-electron chi connectivity index (χ1n) is 8.84. The monoisotopic (exact) mass is 451 g/mol. The Morgan fingerprint density at radius 3 is 1.77 bits per heavy atom. The number of rotatable bonds is 14. The van der Waals surface area contributed by atoms with Crippen molar-refractivity contribution in [2.75, 3.05) is 25.5 Å². The number of thiol groups is 1. The molecule has 0 radical (unpaired) electrons. The molecule has 15 heteroatoms. The lowest BCUT2D eigenvalue weighted by atomic mass is 10.1. The van der Waals surface area contributed by atoms with E-state index in [1.54, 1.807) is 0 Å². The number of carboxylic acid groups (broad SMARTS) is 1. The van der Waals surface area contributed by atoms with Crippen LogP contribution in [0.5, 0.6) is 0 Å². The first-order valence-corrected chi connectivity index (χ1v) is 9.48. The normalized spacial score (nSPS) is 14.5. The second-order valence-corrected chi connectivity index (χ2v) is 6.49. The summed E-state index contributed by atoms with van der Waals surface area (Å²) in [5, 5.41) is 34.0. The molecule has 0 spiro atoms. The molecule has 4 unspecified atom stereocenters. The number of hydrogen-bond donors (Lipinski definition) is 10. The summed E-state index contributed by atoms with van der Waals surface area (Å²) in [7, 11) is 0. The van der Waals surface area contributed by atoms with E-state index in [0.29, 0.717) is 6.42 Å². The fraction of sp³-hybridized carbons (Fsp3) is 0.667. The molecule has 0 aromatic carbocycles. The lowest BCUT2D eigenvalue weighted by molar-refractivity contribution is -0.142. The van der Waals surface area contributed by atoms with Crippen molar-refractivity contribution in [1.29, 1.82) is 0 Å². The molecule has 30 heavy (non-hydrogen) atoms. The topological polar surface area (TPSA) is 255 Å². The van der Waals surface area contributed by atoms with E-state index in [9.17, 15) is 29.4 Å². The van der Waals surface area contributed by atoms with Gasteiger partial charge in [-0.2, -0.15) is 12.6 Å². The van der Waals surface area contributed by atoms with Crippen LogP contribution in [0.2, 0.25) is 0 Å².